The molecule has 0 atom stereocenters. The molecule has 1 aliphatic rings. The van der Waals surface area contributed by atoms with Gasteiger partial charge in [0.15, 0.2) is 5.11 Å². The lowest BCUT2D eigenvalue weighted by Gasteiger charge is -2.16. The summed E-state index contributed by atoms with van der Waals surface area (Å²) >= 11 is 4.72. The van der Waals surface area contributed by atoms with Crippen molar-refractivity contribution >= 4 is 35.2 Å². The fourth-order valence-corrected chi connectivity index (χ4v) is 1.83. The van der Waals surface area contributed by atoms with Crippen LogP contribution in [0.3, 0.4) is 0 Å². The largest absolute Gasteiger partial charge is 0.491 e. The summed E-state index contributed by atoms with van der Waals surface area (Å²) in [6, 6.07) is 6.89. The fraction of sp³-hybridized carbons (Fsp3) is 0.154. The third-order valence-electron chi connectivity index (χ3n) is 2.51. The maximum atomic E-state index is 11.7. The lowest BCUT2D eigenvalue weighted by atomic mass is 10.1. The molecule has 1 saturated heterocycles. The first-order chi connectivity index (χ1) is 9.61. The van der Waals surface area contributed by atoms with Gasteiger partial charge in [-0.05, 0) is 24.4 Å². The van der Waals surface area contributed by atoms with Gasteiger partial charge in [0.1, 0.15) is 17.9 Å². The van der Waals surface area contributed by atoms with Gasteiger partial charge in [-0.2, -0.15) is 0 Å². The van der Waals surface area contributed by atoms with Crippen LogP contribution in [0.15, 0.2) is 29.8 Å². The maximum Gasteiger partial charge on any atom is 0.263 e. The highest BCUT2D eigenvalue weighted by Gasteiger charge is 2.25. The van der Waals surface area contributed by atoms with Crippen LogP contribution < -0.4 is 15.4 Å². The zero-order valence-corrected chi connectivity index (χ0v) is 11.2. The van der Waals surface area contributed by atoms with Gasteiger partial charge in [-0.3, -0.25) is 20.2 Å². The van der Waals surface area contributed by atoms with Gasteiger partial charge >= 0.3 is 0 Å². The second kappa shape index (κ2) is 6.27. The number of aliphatic hydroxyl groups excluding tert-OH is 1. The summed E-state index contributed by atoms with van der Waals surface area (Å²) in [6.07, 6.45) is 1.42. The van der Waals surface area contributed by atoms with Crippen LogP contribution in [0.2, 0.25) is 0 Å². The van der Waals surface area contributed by atoms with Gasteiger partial charge in [0.05, 0.1) is 6.61 Å². The average molecular weight is 292 g/mol. The molecule has 0 aliphatic carbocycles. The molecule has 0 saturated carbocycles. The Morgan fingerprint density at radius 1 is 1.20 bits per heavy atom. The number of aliphatic hydroxyl groups is 1. The molecule has 0 aromatic heterocycles. The lowest BCUT2D eigenvalue weighted by Crippen LogP contribution is -2.51. The third-order valence-corrected chi connectivity index (χ3v) is 2.72. The number of ether oxygens (including phenoxy) is 1. The van der Waals surface area contributed by atoms with E-state index in [1.54, 1.807) is 24.3 Å². The quantitative estimate of drug-likeness (QED) is 0.412. The van der Waals surface area contributed by atoms with Gasteiger partial charge in [0, 0.05) is 5.56 Å². The number of carbonyl (C=O) groups is 2. The zero-order chi connectivity index (χ0) is 14.5. The maximum absolute atomic E-state index is 11.7. The van der Waals surface area contributed by atoms with Crippen LogP contribution in [0.1, 0.15) is 5.56 Å². The summed E-state index contributed by atoms with van der Waals surface area (Å²) in [4.78, 5) is 23.5. The van der Waals surface area contributed by atoms with Crippen molar-refractivity contribution in [3.05, 3.63) is 35.4 Å². The van der Waals surface area contributed by atoms with Crippen LogP contribution in [0, 0.1) is 0 Å². The lowest BCUT2D eigenvalue weighted by molar-refractivity contribution is -0.123. The van der Waals surface area contributed by atoms with Crippen molar-refractivity contribution < 1.29 is 19.4 Å². The first-order valence-electron chi connectivity index (χ1n) is 5.83. The number of amides is 2. The summed E-state index contributed by atoms with van der Waals surface area (Å²) in [7, 11) is 0. The SMILES string of the molecule is O=C1NC(=S)NC(=O)C1=Cc1ccccc1OCCO. The van der Waals surface area contributed by atoms with E-state index in [0.717, 1.165) is 0 Å². The van der Waals surface area contributed by atoms with E-state index in [9.17, 15) is 9.59 Å². The number of hydrogen-bond donors (Lipinski definition) is 3. The first kappa shape index (κ1) is 14.2. The smallest absolute Gasteiger partial charge is 0.263 e. The molecule has 1 heterocycles. The Hall–Kier alpha value is -2.25. The molecule has 0 radical (unpaired) electrons. The van der Waals surface area contributed by atoms with E-state index < -0.39 is 11.8 Å². The van der Waals surface area contributed by atoms with Crippen LogP contribution in [0.4, 0.5) is 0 Å². The molecular weight excluding hydrogens is 280 g/mol. The third kappa shape index (κ3) is 3.19. The fourth-order valence-electron chi connectivity index (χ4n) is 1.65. The van der Waals surface area contributed by atoms with Crippen molar-refractivity contribution in [2.45, 2.75) is 0 Å². The van der Waals surface area contributed by atoms with Gasteiger partial charge in [-0.1, -0.05) is 18.2 Å². The number of para-hydroxylation sites is 1. The minimum atomic E-state index is -0.560. The summed E-state index contributed by atoms with van der Waals surface area (Å²) in [5.41, 5.74) is 0.507. The minimum Gasteiger partial charge on any atom is -0.491 e. The van der Waals surface area contributed by atoms with E-state index in [0.29, 0.717) is 11.3 Å². The number of nitrogens with one attached hydrogen (secondary N) is 2. The number of hydrogen-bond acceptors (Lipinski definition) is 5. The molecule has 3 N–H and O–H groups in total. The first-order valence-corrected chi connectivity index (χ1v) is 6.23. The molecule has 1 fully saturated rings. The van der Waals surface area contributed by atoms with Crippen LogP contribution >= 0.6 is 12.2 Å². The number of benzene rings is 1. The summed E-state index contributed by atoms with van der Waals surface area (Å²) in [5, 5.41) is 13.5. The molecule has 2 rings (SSSR count). The summed E-state index contributed by atoms with van der Waals surface area (Å²) < 4.78 is 5.34. The molecule has 1 aromatic rings. The highest BCUT2D eigenvalue weighted by molar-refractivity contribution is 7.80. The van der Waals surface area contributed by atoms with Crippen LogP contribution in [0.5, 0.6) is 5.75 Å². The van der Waals surface area contributed by atoms with Crippen LogP contribution in [0.25, 0.3) is 6.08 Å². The number of thiocarbonyl (C=S) groups is 1. The Morgan fingerprint density at radius 3 is 2.50 bits per heavy atom. The van der Waals surface area contributed by atoms with E-state index >= 15 is 0 Å². The van der Waals surface area contributed by atoms with Crippen molar-refractivity contribution in [3.8, 4) is 5.75 Å². The second-order valence-corrected chi connectivity index (χ2v) is 4.31. The standard InChI is InChI=1S/C13H12N2O4S/c16-5-6-19-10-4-2-1-3-8(10)7-9-11(17)14-13(20)15-12(9)18/h1-4,7,16H,5-6H2,(H2,14,15,17,18,20). The van der Waals surface area contributed by atoms with Gasteiger partial charge in [0.2, 0.25) is 0 Å². The Bertz CT molecular complexity index is 576. The normalized spacial score (nSPS) is 14.7. The Morgan fingerprint density at radius 2 is 1.85 bits per heavy atom. The predicted molar refractivity (Wildman–Crippen MR) is 75.9 cm³/mol. The van der Waals surface area contributed by atoms with Crippen LogP contribution in [-0.4, -0.2) is 35.2 Å². The second-order valence-electron chi connectivity index (χ2n) is 3.91. The highest BCUT2D eigenvalue weighted by atomic mass is 32.1. The van der Waals surface area contributed by atoms with Gasteiger partial charge < -0.3 is 9.84 Å². The molecule has 0 bridgehead atoms. The molecule has 7 heteroatoms. The van der Waals surface area contributed by atoms with Gasteiger partial charge in [0.25, 0.3) is 11.8 Å². The predicted octanol–water partition coefficient (Wildman–Crippen LogP) is -0.0280. The molecule has 6 nitrogen and oxygen atoms in total. The van der Waals surface area contributed by atoms with Crippen molar-refractivity contribution in [1.82, 2.24) is 10.6 Å². The van der Waals surface area contributed by atoms with Gasteiger partial charge in [-0.15, -0.1) is 0 Å². The average Bonchev–Trinajstić information content (AvgIpc) is 2.41. The molecular formula is C13H12N2O4S. The monoisotopic (exact) mass is 292 g/mol. The molecule has 0 unspecified atom stereocenters. The Labute approximate surface area is 120 Å². The topological polar surface area (TPSA) is 87.7 Å². The van der Waals surface area contributed by atoms with E-state index in [4.69, 9.17) is 22.1 Å². The summed E-state index contributed by atoms with van der Waals surface area (Å²) in [6.45, 7) is 0.00279. The van der Waals surface area contributed by atoms with E-state index in [-0.39, 0.29) is 23.9 Å². The Kier molecular flexibility index (Phi) is 4.44. The highest BCUT2D eigenvalue weighted by Crippen LogP contribution is 2.21. The van der Waals surface area contributed by atoms with E-state index in [2.05, 4.69) is 10.6 Å². The van der Waals surface area contributed by atoms with Crippen molar-refractivity contribution in [1.29, 1.82) is 0 Å². The molecule has 104 valence electrons. The summed E-state index contributed by atoms with van der Waals surface area (Å²) in [5.74, 6) is -0.644. The minimum absolute atomic E-state index is 0.0121. The van der Waals surface area contributed by atoms with Crippen molar-refractivity contribution in [2.75, 3.05) is 13.2 Å². The molecule has 1 aliphatic heterocycles. The van der Waals surface area contributed by atoms with E-state index in [1.165, 1.54) is 6.08 Å². The van der Waals surface area contributed by atoms with Crippen molar-refractivity contribution in [2.24, 2.45) is 0 Å². The number of carbonyl (C=O) groups excluding carboxylic acids is 2. The molecule has 1 aromatic carbocycles. The molecule has 0 spiro atoms. The van der Waals surface area contributed by atoms with Gasteiger partial charge in [-0.25, -0.2) is 0 Å². The van der Waals surface area contributed by atoms with Crippen molar-refractivity contribution in [3.63, 3.8) is 0 Å². The van der Waals surface area contributed by atoms with E-state index in [1.807, 2.05) is 0 Å². The van der Waals surface area contributed by atoms with Crippen LogP contribution in [-0.2, 0) is 9.59 Å². The molecule has 2 amide bonds. The zero-order valence-electron chi connectivity index (χ0n) is 10.4. The number of rotatable bonds is 4. The molecule has 20 heavy (non-hydrogen) atoms. The Balaban J connectivity index is 2.32.